The van der Waals surface area contributed by atoms with Crippen LogP contribution in [0.4, 0.5) is 5.95 Å². The second-order valence-corrected chi connectivity index (χ2v) is 5.08. The average Bonchev–Trinajstić information content (AvgIpc) is 2.78. The maximum Gasteiger partial charge on any atom is 0.239 e. The van der Waals surface area contributed by atoms with Crippen molar-refractivity contribution < 1.29 is 4.74 Å². The van der Waals surface area contributed by atoms with E-state index in [2.05, 4.69) is 10.1 Å². The molecular formula is C13H15ClN4O. The molecule has 0 fully saturated rings. The molecule has 6 heteroatoms. The zero-order valence-electron chi connectivity index (χ0n) is 10.6. The van der Waals surface area contributed by atoms with Crippen molar-refractivity contribution in [2.75, 3.05) is 12.8 Å². The Kier molecular flexibility index (Phi) is 3.16. The molecule has 2 atom stereocenters. The van der Waals surface area contributed by atoms with Gasteiger partial charge in [0, 0.05) is 12.1 Å². The number of halogens is 1. The molecule has 0 aliphatic carbocycles. The normalized spacial score (nSPS) is 22.2. The first-order valence-corrected chi connectivity index (χ1v) is 6.57. The minimum Gasteiger partial charge on any atom is -0.373 e. The number of nitrogens with two attached hydrogens (primary N) is 1. The molecule has 1 aliphatic heterocycles. The van der Waals surface area contributed by atoms with E-state index in [1.54, 1.807) is 7.11 Å². The Morgan fingerprint density at radius 1 is 1.42 bits per heavy atom. The van der Waals surface area contributed by atoms with Crippen LogP contribution in [0.2, 0.25) is 5.02 Å². The number of rotatable bonds is 2. The molecule has 2 heterocycles. The van der Waals surface area contributed by atoms with E-state index in [0.717, 1.165) is 29.3 Å². The molecule has 100 valence electrons. The van der Waals surface area contributed by atoms with Crippen LogP contribution in [-0.2, 0) is 4.74 Å². The Hall–Kier alpha value is -1.59. The number of nitrogen functional groups attached to an aromatic ring is 1. The molecule has 0 radical (unpaired) electrons. The third-order valence-electron chi connectivity index (χ3n) is 3.48. The predicted octanol–water partition coefficient (Wildman–Crippen LogP) is 2.58. The van der Waals surface area contributed by atoms with Gasteiger partial charge in [0.15, 0.2) is 5.82 Å². The smallest absolute Gasteiger partial charge is 0.239 e. The first-order valence-electron chi connectivity index (χ1n) is 6.19. The Morgan fingerprint density at radius 2 is 2.26 bits per heavy atom. The topological polar surface area (TPSA) is 66.0 Å². The molecule has 19 heavy (non-hydrogen) atoms. The van der Waals surface area contributed by atoms with E-state index in [0.29, 0.717) is 0 Å². The highest BCUT2D eigenvalue weighted by Crippen LogP contribution is 2.36. The van der Waals surface area contributed by atoms with Crippen LogP contribution < -0.4 is 5.73 Å². The van der Waals surface area contributed by atoms with Crippen LogP contribution >= 0.6 is 11.6 Å². The van der Waals surface area contributed by atoms with Gasteiger partial charge in [-0.1, -0.05) is 23.7 Å². The Morgan fingerprint density at radius 3 is 3.00 bits per heavy atom. The van der Waals surface area contributed by atoms with E-state index in [9.17, 15) is 0 Å². The maximum atomic E-state index is 6.06. The fraction of sp³-hybridized carbons (Fsp3) is 0.385. The van der Waals surface area contributed by atoms with E-state index in [4.69, 9.17) is 22.1 Å². The SMILES string of the molecule is COC1CCC(c2cccc(Cl)c2)n2nc(N)nc21. The summed E-state index contributed by atoms with van der Waals surface area (Å²) in [6.07, 6.45) is 1.78. The van der Waals surface area contributed by atoms with Crippen molar-refractivity contribution in [3.8, 4) is 0 Å². The van der Waals surface area contributed by atoms with Crippen LogP contribution in [0.25, 0.3) is 0 Å². The minimum absolute atomic E-state index is 0.0414. The molecule has 0 bridgehead atoms. The molecule has 0 amide bonds. The maximum absolute atomic E-state index is 6.06. The summed E-state index contributed by atoms with van der Waals surface area (Å²) < 4.78 is 7.29. The zero-order chi connectivity index (χ0) is 13.4. The lowest BCUT2D eigenvalue weighted by Crippen LogP contribution is -2.24. The van der Waals surface area contributed by atoms with Crippen molar-refractivity contribution in [2.24, 2.45) is 0 Å². The van der Waals surface area contributed by atoms with Gasteiger partial charge in [-0.25, -0.2) is 4.68 Å². The second kappa shape index (κ2) is 4.83. The Balaban J connectivity index is 2.05. The minimum atomic E-state index is -0.0414. The van der Waals surface area contributed by atoms with Crippen LogP contribution in [0.5, 0.6) is 0 Å². The summed E-state index contributed by atoms with van der Waals surface area (Å²) in [5.41, 5.74) is 6.84. The molecule has 2 N–H and O–H groups in total. The number of aromatic nitrogens is 3. The van der Waals surface area contributed by atoms with Gasteiger partial charge < -0.3 is 10.5 Å². The summed E-state index contributed by atoms with van der Waals surface area (Å²) in [4.78, 5) is 4.27. The van der Waals surface area contributed by atoms with E-state index >= 15 is 0 Å². The fourth-order valence-electron chi connectivity index (χ4n) is 2.61. The van der Waals surface area contributed by atoms with Crippen molar-refractivity contribution in [1.82, 2.24) is 14.8 Å². The van der Waals surface area contributed by atoms with Gasteiger partial charge in [-0.15, -0.1) is 5.10 Å². The molecular weight excluding hydrogens is 264 g/mol. The number of ether oxygens (including phenoxy) is 1. The molecule has 1 aliphatic rings. The number of benzene rings is 1. The number of nitrogens with zero attached hydrogens (tertiary/aromatic N) is 3. The predicted molar refractivity (Wildman–Crippen MR) is 73.0 cm³/mol. The first-order chi connectivity index (χ1) is 9.19. The van der Waals surface area contributed by atoms with E-state index < -0.39 is 0 Å². The lowest BCUT2D eigenvalue weighted by atomic mass is 9.96. The summed E-state index contributed by atoms with van der Waals surface area (Å²) in [5.74, 6) is 1.07. The van der Waals surface area contributed by atoms with E-state index in [1.807, 2.05) is 28.9 Å². The van der Waals surface area contributed by atoms with Crippen LogP contribution in [0, 0.1) is 0 Å². The van der Waals surface area contributed by atoms with Gasteiger partial charge in [0.25, 0.3) is 0 Å². The van der Waals surface area contributed by atoms with Crippen molar-refractivity contribution >= 4 is 17.5 Å². The van der Waals surface area contributed by atoms with Crippen LogP contribution in [0.3, 0.4) is 0 Å². The van der Waals surface area contributed by atoms with Gasteiger partial charge in [-0.05, 0) is 30.5 Å². The monoisotopic (exact) mass is 278 g/mol. The number of methoxy groups -OCH3 is 1. The highest BCUT2D eigenvalue weighted by Gasteiger charge is 2.31. The molecule has 2 aromatic rings. The molecule has 2 unspecified atom stereocenters. The van der Waals surface area contributed by atoms with Crippen molar-refractivity contribution in [3.63, 3.8) is 0 Å². The van der Waals surface area contributed by atoms with Gasteiger partial charge in [-0.2, -0.15) is 4.98 Å². The van der Waals surface area contributed by atoms with Gasteiger partial charge >= 0.3 is 0 Å². The van der Waals surface area contributed by atoms with Gasteiger partial charge in [0.2, 0.25) is 5.95 Å². The quantitative estimate of drug-likeness (QED) is 0.917. The standard InChI is InChI=1S/C13H15ClN4O/c1-19-11-6-5-10(8-3-2-4-9(14)7-8)18-12(11)16-13(15)17-18/h2-4,7,10-11H,5-6H2,1H3,(H2,15,17). The largest absolute Gasteiger partial charge is 0.373 e. The molecule has 1 aromatic heterocycles. The third-order valence-corrected chi connectivity index (χ3v) is 3.71. The lowest BCUT2D eigenvalue weighted by Gasteiger charge is -2.28. The van der Waals surface area contributed by atoms with E-state index in [-0.39, 0.29) is 18.1 Å². The summed E-state index contributed by atoms with van der Waals surface area (Å²) in [7, 11) is 1.68. The highest BCUT2D eigenvalue weighted by molar-refractivity contribution is 6.30. The Labute approximate surface area is 116 Å². The molecule has 0 saturated carbocycles. The Bertz CT molecular complexity index is 598. The molecule has 3 rings (SSSR count). The number of fused-ring (bicyclic) bond motifs is 1. The van der Waals surface area contributed by atoms with Crippen LogP contribution in [0.1, 0.15) is 36.4 Å². The molecule has 0 saturated heterocycles. The van der Waals surface area contributed by atoms with E-state index in [1.165, 1.54) is 0 Å². The summed E-state index contributed by atoms with van der Waals surface area (Å²) >= 11 is 6.06. The number of hydrogen-bond acceptors (Lipinski definition) is 4. The average molecular weight is 279 g/mol. The number of anilines is 1. The van der Waals surface area contributed by atoms with Crippen molar-refractivity contribution in [1.29, 1.82) is 0 Å². The van der Waals surface area contributed by atoms with Crippen LogP contribution in [0.15, 0.2) is 24.3 Å². The fourth-order valence-corrected chi connectivity index (χ4v) is 2.81. The summed E-state index contributed by atoms with van der Waals surface area (Å²) in [6, 6.07) is 7.93. The van der Waals surface area contributed by atoms with Crippen molar-refractivity contribution in [2.45, 2.75) is 25.0 Å². The number of hydrogen-bond donors (Lipinski definition) is 1. The molecule has 0 spiro atoms. The second-order valence-electron chi connectivity index (χ2n) is 4.65. The van der Waals surface area contributed by atoms with Gasteiger partial charge in [-0.3, -0.25) is 0 Å². The third kappa shape index (κ3) is 2.19. The lowest BCUT2D eigenvalue weighted by molar-refractivity contribution is 0.0649. The summed E-state index contributed by atoms with van der Waals surface area (Å²) in [5, 5.41) is 5.02. The molecule has 1 aromatic carbocycles. The molecule has 5 nitrogen and oxygen atoms in total. The highest BCUT2D eigenvalue weighted by atomic mass is 35.5. The van der Waals surface area contributed by atoms with Gasteiger partial charge in [0.05, 0.1) is 6.04 Å². The zero-order valence-corrected chi connectivity index (χ0v) is 11.3. The van der Waals surface area contributed by atoms with Crippen molar-refractivity contribution in [3.05, 3.63) is 40.7 Å². The first kappa shape index (κ1) is 12.4. The van der Waals surface area contributed by atoms with Gasteiger partial charge in [0.1, 0.15) is 6.10 Å². The van der Waals surface area contributed by atoms with Crippen LogP contribution in [-0.4, -0.2) is 21.9 Å². The summed E-state index contributed by atoms with van der Waals surface area (Å²) in [6.45, 7) is 0.